The van der Waals surface area contributed by atoms with Crippen LogP contribution in [-0.4, -0.2) is 16.2 Å². The van der Waals surface area contributed by atoms with Gasteiger partial charge in [0.25, 0.3) is 0 Å². The fourth-order valence-electron chi connectivity index (χ4n) is 2.19. The summed E-state index contributed by atoms with van der Waals surface area (Å²) < 4.78 is 0. The minimum absolute atomic E-state index is 0.468. The highest BCUT2D eigenvalue weighted by atomic mass is 16.4. The molecule has 3 heteroatoms. The zero-order chi connectivity index (χ0) is 13.9. The Kier molecular flexibility index (Phi) is 4.52. The highest BCUT2D eigenvalue weighted by Crippen LogP contribution is 2.33. The van der Waals surface area contributed by atoms with E-state index in [2.05, 4.69) is 0 Å². The quantitative estimate of drug-likeness (QED) is 0.844. The van der Waals surface area contributed by atoms with Crippen molar-refractivity contribution >= 4 is 5.97 Å². The number of hydrogen-bond acceptors (Lipinski definition) is 2. The van der Waals surface area contributed by atoms with Crippen LogP contribution < -0.4 is 0 Å². The second kappa shape index (κ2) is 5.53. The Morgan fingerprint density at radius 2 is 1.94 bits per heavy atom. The molecule has 0 amide bonds. The molecule has 2 unspecified atom stereocenters. The van der Waals surface area contributed by atoms with Crippen molar-refractivity contribution in [3.8, 4) is 0 Å². The van der Waals surface area contributed by atoms with Gasteiger partial charge in [0.1, 0.15) is 5.60 Å². The highest BCUT2D eigenvalue weighted by molar-refractivity contribution is 5.72. The lowest BCUT2D eigenvalue weighted by molar-refractivity contribution is -0.152. The van der Waals surface area contributed by atoms with Crippen LogP contribution in [0.2, 0.25) is 0 Å². The molecule has 2 atom stereocenters. The van der Waals surface area contributed by atoms with Crippen LogP contribution in [0.4, 0.5) is 0 Å². The lowest BCUT2D eigenvalue weighted by atomic mass is 9.79. The van der Waals surface area contributed by atoms with Crippen LogP contribution in [0.1, 0.15) is 43.4 Å². The molecular weight excluding hydrogens is 228 g/mol. The molecule has 3 nitrogen and oxygen atoms in total. The van der Waals surface area contributed by atoms with E-state index >= 15 is 0 Å². The molecule has 1 aromatic carbocycles. The normalized spacial score (nSPS) is 16.1. The summed E-state index contributed by atoms with van der Waals surface area (Å²) in [5.74, 6) is -1.72. The van der Waals surface area contributed by atoms with Gasteiger partial charge in [-0.25, -0.2) is 0 Å². The van der Waals surface area contributed by atoms with Gasteiger partial charge in [-0.2, -0.15) is 0 Å². The van der Waals surface area contributed by atoms with Crippen molar-refractivity contribution in [1.29, 1.82) is 0 Å². The predicted octanol–water partition coefficient (Wildman–Crippen LogP) is 3.01. The van der Waals surface area contributed by atoms with E-state index in [1.54, 1.807) is 6.92 Å². The maximum Gasteiger partial charge on any atom is 0.309 e. The van der Waals surface area contributed by atoms with Crippen LogP contribution in [0.5, 0.6) is 0 Å². The molecule has 0 aliphatic rings. The molecule has 1 rings (SSSR count). The van der Waals surface area contributed by atoms with Crippen LogP contribution in [0.15, 0.2) is 18.2 Å². The molecule has 0 bridgehead atoms. The van der Waals surface area contributed by atoms with Gasteiger partial charge in [0, 0.05) is 0 Å². The van der Waals surface area contributed by atoms with E-state index in [4.69, 9.17) is 0 Å². The Labute approximate surface area is 108 Å². The molecule has 0 aliphatic heterocycles. The standard InChI is InChI=1S/C15H22O3/c1-5-6-13(14(16)17)15(4,18)12-8-7-10(2)11(3)9-12/h7-9,13,18H,5-6H2,1-4H3,(H,16,17). The lowest BCUT2D eigenvalue weighted by Gasteiger charge is -2.31. The van der Waals surface area contributed by atoms with E-state index in [0.29, 0.717) is 12.0 Å². The summed E-state index contributed by atoms with van der Waals surface area (Å²) in [7, 11) is 0. The fourth-order valence-corrected chi connectivity index (χ4v) is 2.19. The maximum absolute atomic E-state index is 11.3. The first kappa shape index (κ1) is 14.7. The lowest BCUT2D eigenvalue weighted by Crippen LogP contribution is -2.37. The predicted molar refractivity (Wildman–Crippen MR) is 71.5 cm³/mol. The number of aliphatic hydroxyl groups is 1. The van der Waals surface area contributed by atoms with Crippen LogP contribution >= 0.6 is 0 Å². The Hall–Kier alpha value is -1.35. The van der Waals surface area contributed by atoms with Crippen molar-refractivity contribution in [3.63, 3.8) is 0 Å². The summed E-state index contributed by atoms with van der Waals surface area (Å²) in [6.45, 7) is 7.47. The topological polar surface area (TPSA) is 57.5 Å². The first-order valence-electron chi connectivity index (χ1n) is 6.33. The molecule has 0 fully saturated rings. The highest BCUT2D eigenvalue weighted by Gasteiger charge is 2.38. The SMILES string of the molecule is CCCC(C(=O)O)C(C)(O)c1ccc(C)c(C)c1. The smallest absolute Gasteiger partial charge is 0.309 e. The molecule has 0 saturated carbocycles. The summed E-state index contributed by atoms with van der Waals surface area (Å²) >= 11 is 0. The van der Waals surface area contributed by atoms with Gasteiger partial charge in [0.2, 0.25) is 0 Å². The first-order valence-corrected chi connectivity index (χ1v) is 6.33. The minimum atomic E-state index is -1.33. The molecule has 1 aromatic rings. The molecule has 0 heterocycles. The summed E-state index contributed by atoms with van der Waals surface area (Å²) in [5, 5.41) is 19.8. The van der Waals surface area contributed by atoms with Gasteiger partial charge in [-0.05, 0) is 43.9 Å². The van der Waals surface area contributed by atoms with E-state index in [0.717, 1.165) is 17.5 Å². The molecule has 0 aromatic heterocycles. The van der Waals surface area contributed by atoms with Crippen LogP contribution in [0.25, 0.3) is 0 Å². The fraction of sp³-hybridized carbons (Fsp3) is 0.533. The third-order valence-corrected chi connectivity index (χ3v) is 3.65. The van der Waals surface area contributed by atoms with Crippen molar-refractivity contribution in [3.05, 3.63) is 34.9 Å². The summed E-state index contributed by atoms with van der Waals surface area (Å²) in [4.78, 5) is 11.3. The molecule has 2 N–H and O–H groups in total. The zero-order valence-corrected chi connectivity index (χ0v) is 11.5. The van der Waals surface area contributed by atoms with Crippen LogP contribution in [0.3, 0.4) is 0 Å². The summed E-state index contributed by atoms with van der Waals surface area (Å²) in [6, 6.07) is 5.61. The number of carboxylic acids is 1. The Balaban J connectivity index is 3.16. The van der Waals surface area contributed by atoms with E-state index in [-0.39, 0.29) is 0 Å². The van der Waals surface area contributed by atoms with E-state index in [1.807, 2.05) is 39.0 Å². The molecular formula is C15H22O3. The Bertz CT molecular complexity index is 435. The monoisotopic (exact) mass is 250 g/mol. The van der Waals surface area contributed by atoms with Crippen molar-refractivity contribution in [2.24, 2.45) is 5.92 Å². The number of aliphatic carboxylic acids is 1. The van der Waals surface area contributed by atoms with E-state index < -0.39 is 17.5 Å². The maximum atomic E-state index is 11.3. The zero-order valence-electron chi connectivity index (χ0n) is 11.5. The van der Waals surface area contributed by atoms with Crippen molar-refractivity contribution in [2.75, 3.05) is 0 Å². The number of benzene rings is 1. The van der Waals surface area contributed by atoms with Crippen LogP contribution in [-0.2, 0) is 10.4 Å². The van der Waals surface area contributed by atoms with Crippen molar-refractivity contribution in [2.45, 2.75) is 46.1 Å². The summed E-state index contributed by atoms with van der Waals surface area (Å²) in [5.41, 5.74) is 1.54. The molecule has 0 spiro atoms. The van der Waals surface area contributed by atoms with Gasteiger partial charge in [-0.3, -0.25) is 4.79 Å². The summed E-state index contributed by atoms with van der Waals surface area (Å²) in [6.07, 6.45) is 1.20. The Morgan fingerprint density at radius 3 is 2.39 bits per heavy atom. The molecule has 100 valence electrons. The van der Waals surface area contributed by atoms with Crippen molar-refractivity contribution in [1.82, 2.24) is 0 Å². The Morgan fingerprint density at radius 1 is 1.33 bits per heavy atom. The van der Waals surface area contributed by atoms with E-state index in [1.165, 1.54) is 0 Å². The second-order valence-electron chi connectivity index (χ2n) is 5.13. The van der Waals surface area contributed by atoms with Crippen molar-refractivity contribution < 1.29 is 15.0 Å². The van der Waals surface area contributed by atoms with Gasteiger partial charge in [-0.1, -0.05) is 31.5 Å². The number of carbonyl (C=O) groups is 1. The number of hydrogen-bond donors (Lipinski definition) is 2. The van der Waals surface area contributed by atoms with Gasteiger partial charge < -0.3 is 10.2 Å². The number of aryl methyl sites for hydroxylation is 2. The first-order chi connectivity index (χ1) is 8.30. The van der Waals surface area contributed by atoms with Gasteiger partial charge in [0.15, 0.2) is 0 Å². The molecule has 0 saturated heterocycles. The van der Waals surface area contributed by atoms with Crippen LogP contribution in [0, 0.1) is 19.8 Å². The third-order valence-electron chi connectivity index (χ3n) is 3.65. The minimum Gasteiger partial charge on any atom is -0.481 e. The average molecular weight is 250 g/mol. The molecule has 18 heavy (non-hydrogen) atoms. The third kappa shape index (κ3) is 2.91. The number of rotatable bonds is 5. The van der Waals surface area contributed by atoms with Gasteiger partial charge in [0.05, 0.1) is 5.92 Å². The molecule has 0 radical (unpaired) electrons. The largest absolute Gasteiger partial charge is 0.481 e. The van der Waals surface area contributed by atoms with Gasteiger partial charge in [-0.15, -0.1) is 0 Å². The van der Waals surface area contributed by atoms with E-state index in [9.17, 15) is 15.0 Å². The molecule has 0 aliphatic carbocycles. The number of carboxylic acid groups (broad SMARTS) is 1. The second-order valence-corrected chi connectivity index (χ2v) is 5.13. The average Bonchev–Trinajstić information content (AvgIpc) is 2.28. The van der Waals surface area contributed by atoms with Gasteiger partial charge >= 0.3 is 5.97 Å².